The molecule has 1 heterocycles. The zero-order valence-electron chi connectivity index (χ0n) is 10.5. The van der Waals surface area contributed by atoms with Gasteiger partial charge in [-0.3, -0.25) is 4.79 Å². The van der Waals surface area contributed by atoms with Crippen LogP contribution in [0.4, 0.5) is 4.39 Å². The van der Waals surface area contributed by atoms with Crippen LogP contribution in [0.5, 0.6) is 0 Å². The number of nitrogens with zero attached hydrogens (tertiary/aromatic N) is 1. The maximum Gasteiger partial charge on any atom is 0.254 e. The Hall–Kier alpha value is -2.16. The first-order valence-electron chi connectivity index (χ1n) is 6.35. The lowest BCUT2D eigenvalue weighted by atomic mass is 9.99. The molecule has 2 aromatic carbocycles. The Morgan fingerprint density at radius 2 is 1.68 bits per heavy atom. The Bertz CT molecular complexity index is 606. The van der Waals surface area contributed by atoms with Gasteiger partial charge in [0.15, 0.2) is 0 Å². The molecule has 0 N–H and O–H groups in total. The van der Waals surface area contributed by atoms with Gasteiger partial charge in [0.1, 0.15) is 5.82 Å². The van der Waals surface area contributed by atoms with E-state index in [0.29, 0.717) is 18.7 Å². The highest BCUT2D eigenvalue weighted by atomic mass is 19.1. The van der Waals surface area contributed by atoms with Crippen molar-refractivity contribution in [1.82, 2.24) is 4.90 Å². The summed E-state index contributed by atoms with van der Waals surface area (Å²) in [7, 11) is 0. The molecule has 0 aromatic heterocycles. The molecule has 96 valence electrons. The van der Waals surface area contributed by atoms with E-state index in [0.717, 1.165) is 6.42 Å². The van der Waals surface area contributed by atoms with E-state index < -0.39 is 0 Å². The van der Waals surface area contributed by atoms with Gasteiger partial charge in [-0.05, 0) is 41.8 Å². The molecular weight excluding hydrogens is 241 g/mol. The summed E-state index contributed by atoms with van der Waals surface area (Å²) in [5.74, 6) is -0.352. The van der Waals surface area contributed by atoms with E-state index in [1.165, 1.54) is 35.4 Å². The zero-order valence-corrected chi connectivity index (χ0v) is 10.5. The second kappa shape index (κ2) is 4.84. The third kappa shape index (κ3) is 2.36. The van der Waals surface area contributed by atoms with Crippen LogP contribution in [0.15, 0.2) is 48.5 Å². The molecule has 0 unspecified atom stereocenters. The second-order valence-corrected chi connectivity index (χ2v) is 4.75. The Kier molecular flexibility index (Phi) is 3.03. The van der Waals surface area contributed by atoms with Crippen molar-refractivity contribution in [2.75, 3.05) is 6.54 Å². The van der Waals surface area contributed by atoms with Gasteiger partial charge in [-0.25, -0.2) is 4.39 Å². The van der Waals surface area contributed by atoms with Gasteiger partial charge in [0.2, 0.25) is 0 Å². The van der Waals surface area contributed by atoms with Gasteiger partial charge in [-0.15, -0.1) is 0 Å². The summed E-state index contributed by atoms with van der Waals surface area (Å²) < 4.78 is 12.9. The largest absolute Gasteiger partial charge is 0.334 e. The van der Waals surface area contributed by atoms with Crippen LogP contribution in [0.1, 0.15) is 21.5 Å². The van der Waals surface area contributed by atoms with Gasteiger partial charge in [-0.2, -0.15) is 0 Å². The summed E-state index contributed by atoms with van der Waals surface area (Å²) in [5.41, 5.74) is 3.05. The Balaban J connectivity index is 1.81. The highest BCUT2D eigenvalue weighted by Gasteiger charge is 2.21. The molecule has 0 atom stereocenters. The quantitative estimate of drug-likeness (QED) is 0.767. The zero-order chi connectivity index (χ0) is 13.2. The van der Waals surface area contributed by atoms with Crippen LogP contribution in [-0.2, 0) is 13.0 Å². The van der Waals surface area contributed by atoms with E-state index >= 15 is 0 Å². The molecule has 2 nitrogen and oxygen atoms in total. The van der Waals surface area contributed by atoms with Gasteiger partial charge in [0.25, 0.3) is 5.91 Å². The highest BCUT2D eigenvalue weighted by molar-refractivity contribution is 5.94. The maximum absolute atomic E-state index is 12.9. The smallest absolute Gasteiger partial charge is 0.254 e. The molecular formula is C16H14FNO. The second-order valence-electron chi connectivity index (χ2n) is 4.75. The monoisotopic (exact) mass is 255 g/mol. The molecule has 19 heavy (non-hydrogen) atoms. The number of rotatable bonds is 1. The number of hydrogen-bond donors (Lipinski definition) is 0. The van der Waals surface area contributed by atoms with Crippen molar-refractivity contribution in [3.8, 4) is 0 Å². The van der Waals surface area contributed by atoms with Crippen molar-refractivity contribution in [2.24, 2.45) is 0 Å². The standard InChI is InChI=1S/C16H14FNO/c17-15-7-5-13(6-8-15)16(19)18-10-9-12-3-1-2-4-14(12)11-18/h1-8H,9-11H2. The topological polar surface area (TPSA) is 20.3 Å². The normalized spacial score (nSPS) is 14.1. The fourth-order valence-corrected chi connectivity index (χ4v) is 2.44. The summed E-state index contributed by atoms with van der Waals surface area (Å²) in [6.45, 7) is 1.35. The number of carbonyl (C=O) groups is 1. The number of benzene rings is 2. The minimum Gasteiger partial charge on any atom is -0.334 e. The van der Waals surface area contributed by atoms with E-state index in [2.05, 4.69) is 12.1 Å². The number of fused-ring (bicyclic) bond motifs is 1. The van der Waals surface area contributed by atoms with Crippen LogP contribution in [0, 0.1) is 5.82 Å². The van der Waals surface area contributed by atoms with Crippen molar-refractivity contribution >= 4 is 5.91 Å². The first-order chi connectivity index (χ1) is 9.24. The molecule has 1 aliphatic rings. The van der Waals surface area contributed by atoms with Crippen LogP contribution >= 0.6 is 0 Å². The molecule has 1 amide bonds. The minimum atomic E-state index is -0.319. The summed E-state index contributed by atoms with van der Waals surface area (Å²) in [5, 5.41) is 0. The molecule has 3 rings (SSSR count). The molecule has 1 aliphatic heterocycles. The summed E-state index contributed by atoms with van der Waals surface area (Å²) in [6.07, 6.45) is 0.878. The molecule has 0 aliphatic carbocycles. The van der Waals surface area contributed by atoms with Crippen molar-refractivity contribution < 1.29 is 9.18 Å². The third-order valence-corrected chi connectivity index (χ3v) is 3.51. The van der Waals surface area contributed by atoms with Gasteiger partial charge >= 0.3 is 0 Å². The molecule has 0 saturated carbocycles. The van der Waals surface area contributed by atoms with Crippen LogP contribution in [0.3, 0.4) is 0 Å². The summed E-state index contributed by atoms with van der Waals surface area (Å²) in [4.78, 5) is 14.1. The molecule has 0 spiro atoms. The predicted octanol–water partition coefficient (Wildman–Crippen LogP) is 3.02. The van der Waals surface area contributed by atoms with E-state index in [1.54, 1.807) is 0 Å². The first-order valence-corrected chi connectivity index (χ1v) is 6.35. The fourth-order valence-electron chi connectivity index (χ4n) is 2.44. The van der Waals surface area contributed by atoms with Crippen molar-refractivity contribution in [2.45, 2.75) is 13.0 Å². The van der Waals surface area contributed by atoms with Gasteiger partial charge < -0.3 is 4.90 Å². The van der Waals surface area contributed by atoms with Crippen LogP contribution in [0.25, 0.3) is 0 Å². The Morgan fingerprint density at radius 3 is 2.42 bits per heavy atom. The number of halogens is 1. The van der Waals surface area contributed by atoms with Crippen LogP contribution in [-0.4, -0.2) is 17.4 Å². The lowest BCUT2D eigenvalue weighted by molar-refractivity contribution is 0.0734. The van der Waals surface area contributed by atoms with Gasteiger partial charge in [0.05, 0.1) is 0 Å². The number of amides is 1. The van der Waals surface area contributed by atoms with E-state index in [9.17, 15) is 9.18 Å². The first kappa shape index (κ1) is 11.9. The average Bonchev–Trinajstić information content (AvgIpc) is 2.47. The Morgan fingerprint density at radius 1 is 1.00 bits per heavy atom. The molecule has 3 heteroatoms. The van der Waals surface area contributed by atoms with E-state index in [4.69, 9.17) is 0 Å². The minimum absolute atomic E-state index is 0.0329. The van der Waals surface area contributed by atoms with Gasteiger partial charge in [-0.1, -0.05) is 24.3 Å². The molecule has 0 bridgehead atoms. The lowest BCUT2D eigenvalue weighted by Crippen LogP contribution is -2.35. The fraction of sp³-hybridized carbons (Fsp3) is 0.188. The SMILES string of the molecule is O=C(c1ccc(F)cc1)N1CCc2ccccc2C1. The number of carbonyl (C=O) groups excluding carboxylic acids is 1. The average molecular weight is 255 g/mol. The van der Waals surface area contributed by atoms with Crippen LogP contribution in [0.2, 0.25) is 0 Å². The summed E-state index contributed by atoms with van der Waals surface area (Å²) >= 11 is 0. The van der Waals surface area contributed by atoms with Crippen molar-refractivity contribution in [3.05, 3.63) is 71.0 Å². The molecule has 2 aromatic rings. The van der Waals surface area contributed by atoms with Crippen molar-refractivity contribution in [3.63, 3.8) is 0 Å². The van der Waals surface area contributed by atoms with Crippen LogP contribution < -0.4 is 0 Å². The Labute approximate surface area is 111 Å². The maximum atomic E-state index is 12.9. The van der Waals surface area contributed by atoms with E-state index in [1.807, 2.05) is 17.0 Å². The third-order valence-electron chi connectivity index (χ3n) is 3.51. The van der Waals surface area contributed by atoms with Crippen molar-refractivity contribution in [1.29, 1.82) is 0 Å². The molecule has 0 saturated heterocycles. The van der Waals surface area contributed by atoms with E-state index in [-0.39, 0.29) is 11.7 Å². The predicted molar refractivity (Wildman–Crippen MR) is 71.3 cm³/mol. The molecule has 0 fully saturated rings. The number of hydrogen-bond acceptors (Lipinski definition) is 1. The molecule has 0 radical (unpaired) electrons. The lowest BCUT2D eigenvalue weighted by Gasteiger charge is -2.28. The summed E-state index contributed by atoms with van der Waals surface area (Å²) in [6, 6.07) is 13.9. The van der Waals surface area contributed by atoms with Gasteiger partial charge in [0, 0.05) is 18.7 Å². The highest BCUT2D eigenvalue weighted by Crippen LogP contribution is 2.20.